The van der Waals surface area contributed by atoms with Crippen LogP contribution in [0.3, 0.4) is 0 Å². The minimum atomic E-state index is 0. The minimum absolute atomic E-state index is 0. The number of nitrogens with zero attached hydrogens (tertiary/aromatic N) is 2. The third kappa shape index (κ3) is 7.99. The van der Waals surface area contributed by atoms with Crippen molar-refractivity contribution in [2.24, 2.45) is 10.7 Å². The SMILES string of the molecule is CCCCCCCCNC(N)=NCC1(N2CCCC2)CCOCC1.I. The van der Waals surface area contributed by atoms with E-state index in [1.165, 1.54) is 64.5 Å². The quantitative estimate of drug-likeness (QED) is 0.224. The van der Waals surface area contributed by atoms with Crippen LogP contribution in [0, 0.1) is 0 Å². The van der Waals surface area contributed by atoms with E-state index in [9.17, 15) is 0 Å². The molecule has 0 bridgehead atoms. The van der Waals surface area contributed by atoms with Gasteiger partial charge in [0.2, 0.25) is 0 Å². The molecule has 2 aliphatic rings. The fourth-order valence-corrected chi connectivity index (χ4v) is 3.93. The van der Waals surface area contributed by atoms with Gasteiger partial charge in [0, 0.05) is 25.3 Å². The molecule has 6 heteroatoms. The van der Waals surface area contributed by atoms with E-state index in [4.69, 9.17) is 15.5 Å². The van der Waals surface area contributed by atoms with Gasteiger partial charge < -0.3 is 15.8 Å². The molecule has 0 spiro atoms. The predicted molar refractivity (Wildman–Crippen MR) is 117 cm³/mol. The van der Waals surface area contributed by atoms with Crippen LogP contribution >= 0.6 is 24.0 Å². The number of aliphatic imine (C=N–C) groups is 1. The minimum Gasteiger partial charge on any atom is -0.381 e. The Morgan fingerprint density at radius 2 is 1.72 bits per heavy atom. The fraction of sp³-hybridized carbons (Fsp3) is 0.947. The zero-order valence-electron chi connectivity index (χ0n) is 16.1. The van der Waals surface area contributed by atoms with Crippen LogP contribution in [-0.4, -0.2) is 55.8 Å². The molecule has 2 aliphatic heterocycles. The molecule has 0 radical (unpaired) electrons. The molecule has 2 fully saturated rings. The molecule has 0 aromatic carbocycles. The number of nitrogens with two attached hydrogens (primary N) is 1. The summed E-state index contributed by atoms with van der Waals surface area (Å²) in [5.41, 5.74) is 6.28. The van der Waals surface area contributed by atoms with E-state index in [1.807, 2.05) is 0 Å². The van der Waals surface area contributed by atoms with Gasteiger partial charge in [-0.2, -0.15) is 0 Å². The number of nitrogens with one attached hydrogen (secondary N) is 1. The smallest absolute Gasteiger partial charge is 0.188 e. The highest BCUT2D eigenvalue weighted by atomic mass is 127. The molecule has 0 unspecified atom stereocenters. The topological polar surface area (TPSA) is 62.9 Å². The number of hydrogen-bond acceptors (Lipinski definition) is 3. The Bertz CT molecular complexity index is 366. The van der Waals surface area contributed by atoms with Crippen molar-refractivity contribution in [2.45, 2.75) is 76.7 Å². The summed E-state index contributed by atoms with van der Waals surface area (Å²) < 4.78 is 5.59. The highest BCUT2D eigenvalue weighted by molar-refractivity contribution is 14.0. The van der Waals surface area contributed by atoms with Crippen molar-refractivity contribution >= 4 is 29.9 Å². The second-order valence-electron chi connectivity index (χ2n) is 7.43. The molecule has 0 saturated carbocycles. The Kier molecular flexibility index (Phi) is 12.1. The van der Waals surface area contributed by atoms with Crippen LogP contribution in [0.25, 0.3) is 0 Å². The van der Waals surface area contributed by atoms with Gasteiger partial charge in [0.25, 0.3) is 0 Å². The van der Waals surface area contributed by atoms with Crippen molar-refractivity contribution in [3.8, 4) is 0 Å². The Morgan fingerprint density at radius 3 is 2.40 bits per heavy atom. The summed E-state index contributed by atoms with van der Waals surface area (Å²) in [5.74, 6) is 0.619. The van der Waals surface area contributed by atoms with Gasteiger partial charge in [-0.3, -0.25) is 9.89 Å². The van der Waals surface area contributed by atoms with Gasteiger partial charge in [-0.1, -0.05) is 39.0 Å². The summed E-state index contributed by atoms with van der Waals surface area (Å²) in [6.45, 7) is 8.15. The summed E-state index contributed by atoms with van der Waals surface area (Å²) in [7, 11) is 0. The van der Waals surface area contributed by atoms with Gasteiger partial charge in [0.15, 0.2) is 5.96 Å². The molecular weight excluding hydrogens is 427 g/mol. The van der Waals surface area contributed by atoms with E-state index in [1.54, 1.807) is 0 Å². The summed E-state index contributed by atoms with van der Waals surface area (Å²) in [6.07, 6.45) is 12.6. The summed E-state index contributed by atoms with van der Waals surface area (Å²) in [4.78, 5) is 7.34. The van der Waals surface area contributed by atoms with Gasteiger partial charge >= 0.3 is 0 Å². The fourth-order valence-electron chi connectivity index (χ4n) is 3.93. The number of guanidine groups is 1. The zero-order chi connectivity index (χ0) is 17.1. The molecule has 0 atom stereocenters. The van der Waals surface area contributed by atoms with Crippen molar-refractivity contribution < 1.29 is 4.74 Å². The first kappa shape index (κ1) is 23.0. The van der Waals surface area contributed by atoms with Gasteiger partial charge in [0.1, 0.15) is 0 Å². The molecule has 0 aromatic rings. The molecule has 5 nitrogen and oxygen atoms in total. The van der Waals surface area contributed by atoms with Crippen LogP contribution < -0.4 is 11.1 Å². The van der Waals surface area contributed by atoms with E-state index in [0.29, 0.717) is 5.96 Å². The van der Waals surface area contributed by atoms with E-state index in [2.05, 4.69) is 17.1 Å². The number of ether oxygens (including phenoxy) is 1. The van der Waals surface area contributed by atoms with Crippen molar-refractivity contribution in [2.75, 3.05) is 39.4 Å². The summed E-state index contributed by atoms with van der Waals surface area (Å²) in [5, 5.41) is 3.30. The molecule has 2 saturated heterocycles. The Morgan fingerprint density at radius 1 is 1.08 bits per heavy atom. The van der Waals surface area contributed by atoms with E-state index in [0.717, 1.165) is 39.1 Å². The summed E-state index contributed by atoms with van der Waals surface area (Å²) >= 11 is 0. The molecule has 3 N–H and O–H groups in total. The average molecular weight is 466 g/mol. The molecule has 25 heavy (non-hydrogen) atoms. The van der Waals surface area contributed by atoms with Crippen LogP contribution in [0.2, 0.25) is 0 Å². The highest BCUT2D eigenvalue weighted by Gasteiger charge is 2.39. The zero-order valence-corrected chi connectivity index (χ0v) is 18.4. The van der Waals surface area contributed by atoms with E-state index >= 15 is 0 Å². The standard InChI is InChI=1S/C19H38N4O.HI/c1-2-3-4-5-6-7-12-21-18(20)22-17-19(10-15-24-16-11-19)23-13-8-9-14-23;/h2-17H2,1H3,(H3,20,21,22);1H. The monoisotopic (exact) mass is 466 g/mol. The first-order chi connectivity index (χ1) is 11.8. The second kappa shape index (κ2) is 13.1. The average Bonchev–Trinajstić information content (AvgIpc) is 3.15. The lowest BCUT2D eigenvalue weighted by Crippen LogP contribution is -2.53. The third-order valence-corrected chi connectivity index (χ3v) is 5.58. The second-order valence-corrected chi connectivity index (χ2v) is 7.43. The number of likely N-dealkylation sites (tertiary alicyclic amines) is 1. The van der Waals surface area contributed by atoms with Crippen molar-refractivity contribution in [3.05, 3.63) is 0 Å². The molecule has 148 valence electrons. The number of hydrogen-bond donors (Lipinski definition) is 2. The molecule has 0 aliphatic carbocycles. The molecule has 2 rings (SSSR count). The maximum Gasteiger partial charge on any atom is 0.188 e. The van der Waals surface area contributed by atoms with Crippen molar-refractivity contribution in [1.29, 1.82) is 0 Å². The predicted octanol–water partition coefficient (Wildman–Crippen LogP) is 3.51. The summed E-state index contributed by atoms with van der Waals surface area (Å²) in [6, 6.07) is 0. The Hall–Kier alpha value is -0.0800. The first-order valence-electron chi connectivity index (χ1n) is 10.1. The third-order valence-electron chi connectivity index (χ3n) is 5.58. The Balaban J connectivity index is 0.00000312. The number of rotatable bonds is 10. The van der Waals surface area contributed by atoms with E-state index in [-0.39, 0.29) is 29.5 Å². The van der Waals surface area contributed by atoms with Crippen LogP contribution in [0.15, 0.2) is 4.99 Å². The normalized spacial score (nSPS) is 21.1. The highest BCUT2D eigenvalue weighted by Crippen LogP contribution is 2.31. The van der Waals surface area contributed by atoms with Crippen LogP contribution in [-0.2, 0) is 4.74 Å². The molecule has 0 aromatic heterocycles. The maximum atomic E-state index is 6.10. The van der Waals surface area contributed by atoms with Crippen molar-refractivity contribution in [1.82, 2.24) is 10.2 Å². The maximum absolute atomic E-state index is 6.10. The largest absolute Gasteiger partial charge is 0.381 e. The van der Waals surface area contributed by atoms with Crippen molar-refractivity contribution in [3.63, 3.8) is 0 Å². The molecule has 0 amide bonds. The number of unbranched alkanes of at least 4 members (excludes halogenated alkanes) is 5. The lowest BCUT2D eigenvalue weighted by molar-refractivity contribution is -0.0138. The number of halogens is 1. The van der Waals surface area contributed by atoms with Gasteiger partial charge in [-0.25, -0.2) is 0 Å². The van der Waals surface area contributed by atoms with Crippen LogP contribution in [0.1, 0.15) is 71.1 Å². The van der Waals surface area contributed by atoms with E-state index < -0.39 is 0 Å². The Labute approximate surface area is 171 Å². The van der Waals surface area contributed by atoms with Crippen LogP contribution in [0.4, 0.5) is 0 Å². The van der Waals surface area contributed by atoms with Crippen LogP contribution in [0.5, 0.6) is 0 Å². The van der Waals surface area contributed by atoms with Gasteiger partial charge in [0.05, 0.1) is 6.54 Å². The molecule has 2 heterocycles. The lowest BCUT2D eigenvalue weighted by Gasteiger charge is -2.43. The van der Waals surface area contributed by atoms with Gasteiger partial charge in [-0.15, -0.1) is 24.0 Å². The van der Waals surface area contributed by atoms with Gasteiger partial charge in [-0.05, 0) is 45.2 Å². The molecular formula is C19H39IN4O. The first-order valence-corrected chi connectivity index (χ1v) is 10.1. The lowest BCUT2D eigenvalue weighted by atomic mass is 9.88.